The molecule has 24 heavy (non-hydrogen) atoms. The molecular formula is C18H26N4O2. The Bertz CT molecular complexity index is 615. The van der Waals surface area contributed by atoms with Gasteiger partial charge in [-0.15, -0.1) is 0 Å². The van der Waals surface area contributed by atoms with Crippen LogP contribution in [0.25, 0.3) is 0 Å². The average Bonchev–Trinajstić information content (AvgIpc) is 3.35. The Balaban J connectivity index is 1.64. The van der Waals surface area contributed by atoms with Crippen LogP contribution in [0, 0.1) is 5.41 Å². The van der Waals surface area contributed by atoms with Gasteiger partial charge in [0, 0.05) is 25.8 Å². The van der Waals surface area contributed by atoms with Gasteiger partial charge < -0.3 is 15.1 Å². The summed E-state index contributed by atoms with van der Waals surface area (Å²) in [4.78, 5) is 32.8. The van der Waals surface area contributed by atoms with Crippen LogP contribution in [0.5, 0.6) is 0 Å². The van der Waals surface area contributed by atoms with E-state index in [1.165, 1.54) is 0 Å². The number of hydrogen-bond acceptors (Lipinski definition) is 3. The first-order valence-electron chi connectivity index (χ1n) is 8.67. The Labute approximate surface area is 143 Å². The zero-order valence-electron chi connectivity index (χ0n) is 14.7. The highest BCUT2D eigenvalue weighted by Crippen LogP contribution is 2.49. The Hall–Kier alpha value is -2.11. The number of nitrogens with zero attached hydrogens (tertiary/aromatic N) is 3. The number of pyridine rings is 1. The van der Waals surface area contributed by atoms with Crippen LogP contribution in [0.4, 0.5) is 10.5 Å². The van der Waals surface area contributed by atoms with Crippen molar-refractivity contribution >= 4 is 17.6 Å². The van der Waals surface area contributed by atoms with Crippen molar-refractivity contribution in [3.05, 3.63) is 24.5 Å². The molecule has 3 rings (SSSR count). The second-order valence-electron chi connectivity index (χ2n) is 7.29. The molecule has 1 saturated carbocycles. The van der Waals surface area contributed by atoms with E-state index in [1.807, 2.05) is 19.2 Å². The monoisotopic (exact) mass is 330 g/mol. The number of aromatic nitrogens is 1. The summed E-state index contributed by atoms with van der Waals surface area (Å²) in [7, 11) is 1.82. The molecule has 1 aromatic rings. The molecule has 1 aliphatic carbocycles. The summed E-state index contributed by atoms with van der Waals surface area (Å²) < 4.78 is 0. The Morgan fingerprint density at radius 2 is 2.25 bits per heavy atom. The highest BCUT2D eigenvalue weighted by molar-refractivity contribution is 5.99. The number of piperidine rings is 1. The second-order valence-corrected chi connectivity index (χ2v) is 7.29. The summed E-state index contributed by atoms with van der Waals surface area (Å²) in [6.07, 6.45) is 7.23. The number of amides is 3. The van der Waals surface area contributed by atoms with Gasteiger partial charge in [-0.2, -0.15) is 0 Å². The molecule has 6 nitrogen and oxygen atoms in total. The first-order valence-corrected chi connectivity index (χ1v) is 8.67. The van der Waals surface area contributed by atoms with E-state index >= 15 is 0 Å². The third-order valence-electron chi connectivity index (χ3n) is 5.64. The van der Waals surface area contributed by atoms with Crippen LogP contribution in [0.1, 0.15) is 39.5 Å². The van der Waals surface area contributed by atoms with Crippen LogP contribution >= 0.6 is 0 Å². The van der Waals surface area contributed by atoms with Gasteiger partial charge in [0.25, 0.3) is 0 Å². The van der Waals surface area contributed by atoms with Crippen molar-refractivity contribution in [3.63, 3.8) is 0 Å². The zero-order valence-corrected chi connectivity index (χ0v) is 14.7. The molecule has 2 fully saturated rings. The molecule has 2 atom stereocenters. The number of rotatable bonds is 4. The zero-order chi connectivity index (χ0) is 17.3. The molecule has 0 radical (unpaired) electrons. The smallest absolute Gasteiger partial charge is 0.318 e. The summed E-state index contributed by atoms with van der Waals surface area (Å²) in [6.45, 7) is 4.95. The van der Waals surface area contributed by atoms with Crippen molar-refractivity contribution in [2.45, 2.75) is 51.6 Å². The topological polar surface area (TPSA) is 65.5 Å². The molecule has 0 unspecified atom stereocenters. The summed E-state index contributed by atoms with van der Waals surface area (Å²) in [5.41, 5.74) is 1.01. The van der Waals surface area contributed by atoms with Crippen molar-refractivity contribution in [3.8, 4) is 0 Å². The first-order chi connectivity index (χ1) is 11.4. The van der Waals surface area contributed by atoms with Gasteiger partial charge in [0.2, 0.25) is 5.91 Å². The highest BCUT2D eigenvalue weighted by Gasteiger charge is 2.45. The molecule has 1 aromatic heterocycles. The lowest BCUT2D eigenvalue weighted by molar-refractivity contribution is -0.121. The average molecular weight is 330 g/mol. The molecule has 1 N–H and O–H groups in total. The lowest BCUT2D eigenvalue weighted by Crippen LogP contribution is -2.56. The number of nitrogens with one attached hydrogen (secondary N) is 1. The standard InChI is InChI=1S/C18H26N4O2/c1-13(18(2)8-9-18)21(3)17(24)20-15-7-5-11-22(16(15)23)14-6-4-10-19-12-14/h4,6,10,12-13,15H,5,7-9,11H2,1-3H3,(H,20,24)/t13-,15-/m0/s1. The quantitative estimate of drug-likeness (QED) is 0.922. The Morgan fingerprint density at radius 3 is 2.88 bits per heavy atom. The second kappa shape index (κ2) is 6.42. The van der Waals surface area contributed by atoms with E-state index in [0.29, 0.717) is 13.0 Å². The summed E-state index contributed by atoms with van der Waals surface area (Å²) in [5, 5.41) is 2.92. The van der Waals surface area contributed by atoms with Crippen LogP contribution in [0.3, 0.4) is 0 Å². The SMILES string of the molecule is C[C@H](N(C)C(=O)N[C@H]1CCCN(c2cccnc2)C1=O)C1(C)CC1. The van der Waals surface area contributed by atoms with E-state index in [9.17, 15) is 9.59 Å². The molecule has 2 heterocycles. The van der Waals surface area contributed by atoms with E-state index in [2.05, 4.69) is 24.1 Å². The summed E-state index contributed by atoms with van der Waals surface area (Å²) >= 11 is 0. The molecule has 0 aromatic carbocycles. The van der Waals surface area contributed by atoms with Gasteiger partial charge in [-0.3, -0.25) is 9.78 Å². The van der Waals surface area contributed by atoms with E-state index < -0.39 is 6.04 Å². The lowest BCUT2D eigenvalue weighted by Gasteiger charge is -2.35. The minimum Gasteiger partial charge on any atom is -0.326 e. The fourth-order valence-corrected chi connectivity index (χ4v) is 3.29. The fourth-order valence-electron chi connectivity index (χ4n) is 3.29. The lowest BCUT2D eigenvalue weighted by atomic mass is 10.00. The molecule has 0 spiro atoms. The van der Waals surface area contributed by atoms with Crippen molar-refractivity contribution in [2.24, 2.45) is 5.41 Å². The fraction of sp³-hybridized carbons (Fsp3) is 0.611. The Morgan fingerprint density at radius 1 is 1.50 bits per heavy atom. The molecular weight excluding hydrogens is 304 g/mol. The molecule has 1 saturated heterocycles. The van der Waals surface area contributed by atoms with Crippen molar-refractivity contribution in [2.75, 3.05) is 18.5 Å². The third kappa shape index (κ3) is 3.23. The van der Waals surface area contributed by atoms with Gasteiger partial charge in [-0.25, -0.2) is 4.79 Å². The maximum Gasteiger partial charge on any atom is 0.318 e. The minimum atomic E-state index is -0.465. The molecule has 0 bridgehead atoms. The van der Waals surface area contributed by atoms with E-state index in [0.717, 1.165) is 24.9 Å². The van der Waals surface area contributed by atoms with Crippen LogP contribution in [-0.2, 0) is 4.79 Å². The Kier molecular flexibility index (Phi) is 4.47. The van der Waals surface area contributed by atoms with Gasteiger partial charge in [0.1, 0.15) is 6.04 Å². The van der Waals surface area contributed by atoms with E-state index in [1.54, 1.807) is 22.2 Å². The largest absolute Gasteiger partial charge is 0.326 e. The van der Waals surface area contributed by atoms with Crippen LogP contribution in [0.15, 0.2) is 24.5 Å². The van der Waals surface area contributed by atoms with Crippen LogP contribution in [-0.4, -0.2) is 47.5 Å². The number of carbonyl (C=O) groups is 2. The summed E-state index contributed by atoms with van der Waals surface area (Å²) in [5.74, 6) is -0.0544. The van der Waals surface area contributed by atoms with Gasteiger partial charge in [0.05, 0.1) is 11.9 Å². The van der Waals surface area contributed by atoms with Crippen LogP contribution in [0.2, 0.25) is 0 Å². The molecule has 6 heteroatoms. The van der Waals surface area contributed by atoms with Crippen LogP contribution < -0.4 is 10.2 Å². The van der Waals surface area contributed by atoms with Gasteiger partial charge in [-0.05, 0) is 50.2 Å². The first kappa shape index (κ1) is 16.7. The number of carbonyl (C=O) groups excluding carboxylic acids is 2. The molecule has 130 valence electrons. The maximum absolute atomic E-state index is 12.7. The molecule has 1 aliphatic heterocycles. The van der Waals surface area contributed by atoms with Gasteiger partial charge in [0.15, 0.2) is 0 Å². The predicted octanol–water partition coefficient (Wildman–Crippen LogP) is 2.41. The predicted molar refractivity (Wildman–Crippen MR) is 92.7 cm³/mol. The van der Waals surface area contributed by atoms with Crippen molar-refractivity contribution in [1.82, 2.24) is 15.2 Å². The van der Waals surface area contributed by atoms with Gasteiger partial charge >= 0.3 is 6.03 Å². The number of anilines is 1. The van der Waals surface area contributed by atoms with Crippen molar-refractivity contribution in [1.29, 1.82) is 0 Å². The highest BCUT2D eigenvalue weighted by atomic mass is 16.2. The third-order valence-corrected chi connectivity index (χ3v) is 5.64. The summed E-state index contributed by atoms with van der Waals surface area (Å²) in [6, 6.07) is 3.23. The molecule has 2 aliphatic rings. The minimum absolute atomic E-state index is 0.0544. The van der Waals surface area contributed by atoms with Gasteiger partial charge in [-0.1, -0.05) is 6.92 Å². The normalized spacial score (nSPS) is 23.5. The van der Waals surface area contributed by atoms with E-state index in [-0.39, 0.29) is 23.4 Å². The van der Waals surface area contributed by atoms with E-state index in [4.69, 9.17) is 0 Å². The molecule has 3 amide bonds. The number of urea groups is 1. The number of hydrogen-bond donors (Lipinski definition) is 1. The van der Waals surface area contributed by atoms with Crippen molar-refractivity contribution < 1.29 is 9.59 Å². The maximum atomic E-state index is 12.7.